The number of benzene rings is 2. The van der Waals surface area contributed by atoms with Crippen molar-refractivity contribution in [2.75, 3.05) is 0 Å². The second-order valence-corrected chi connectivity index (χ2v) is 8.42. The predicted octanol–water partition coefficient (Wildman–Crippen LogP) is 8.48. The normalized spacial score (nSPS) is 27.3. The molecule has 2 aliphatic rings. The Labute approximate surface area is 187 Å². The molecule has 27 heavy (non-hydrogen) atoms. The molecule has 0 saturated heterocycles. The van der Waals surface area contributed by atoms with Gasteiger partial charge in [0, 0.05) is 0 Å². The van der Waals surface area contributed by atoms with Crippen LogP contribution in [0.4, 0.5) is 11.4 Å². The van der Waals surface area contributed by atoms with E-state index in [0.717, 1.165) is 17.5 Å². The standard InChI is InChI=1S/C21H24NS.3CH3.Ti/c1-12-13(2)15(4)20(14(12)3)16-8-7-11-19-21(16)22-17-9-5-6-10-18(17)23-19;;;;/h5-15,20H,1-4H3;3*1H3;/q4*-1;+4. The summed E-state index contributed by atoms with van der Waals surface area (Å²) >= 11 is 1.87. The van der Waals surface area contributed by atoms with E-state index in [9.17, 15) is 0 Å². The molecule has 0 radical (unpaired) electrons. The zero-order valence-corrected chi connectivity index (χ0v) is 20.2. The summed E-state index contributed by atoms with van der Waals surface area (Å²) in [5.41, 5.74) is 3.80. The fourth-order valence-electron chi connectivity index (χ4n) is 4.54. The first-order chi connectivity index (χ1) is 11.1. The van der Waals surface area contributed by atoms with E-state index < -0.39 is 0 Å². The number of rotatable bonds is 1. The van der Waals surface area contributed by atoms with Crippen LogP contribution in [0.15, 0.2) is 52.3 Å². The van der Waals surface area contributed by atoms with Crippen molar-refractivity contribution < 1.29 is 21.7 Å². The Bertz CT molecular complexity index is 731. The first-order valence-corrected chi connectivity index (χ1v) is 9.51. The van der Waals surface area contributed by atoms with Gasteiger partial charge >= 0.3 is 21.7 Å². The summed E-state index contributed by atoms with van der Waals surface area (Å²) in [6.45, 7) is 9.70. The predicted molar refractivity (Wildman–Crippen MR) is 118 cm³/mol. The largest absolute Gasteiger partial charge is 4.00 e. The fourth-order valence-corrected chi connectivity index (χ4v) is 5.55. The van der Waals surface area contributed by atoms with Crippen LogP contribution < -0.4 is 0 Å². The van der Waals surface area contributed by atoms with Gasteiger partial charge < -0.3 is 27.6 Å². The van der Waals surface area contributed by atoms with Gasteiger partial charge in [-0.1, -0.05) is 75.4 Å². The van der Waals surface area contributed by atoms with Crippen LogP contribution in [0.5, 0.6) is 0 Å². The van der Waals surface area contributed by atoms with Crippen LogP contribution in [-0.2, 0) is 21.7 Å². The van der Waals surface area contributed by atoms with Crippen molar-refractivity contribution in [1.29, 1.82) is 0 Å². The average Bonchev–Trinajstić information content (AvgIpc) is 2.76. The van der Waals surface area contributed by atoms with Gasteiger partial charge in [0.1, 0.15) is 0 Å². The monoisotopic (exact) mass is 415 g/mol. The molecule has 3 heteroatoms. The van der Waals surface area contributed by atoms with E-state index in [1.807, 2.05) is 11.8 Å². The SMILES string of the molecule is CC1C(C)C(C)C(c2cccc3c2[N-]c2ccccc2S3)C1C.[CH3-].[CH3-].[CH3-].[Ti+4]. The summed E-state index contributed by atoms with van der Waals surface area (Å²) < 4.78 is 0. The van der Waals surface area contributed by atoms with Crippen molar-refractivity contribution in [1.82, 2.24) is 0 Å². The zero-order valence-electron chi connectivity index (χ0n) is 17.8. The van der Waals surface area contributed by atoms with Gasteiger partial charge in [0.15, 0.2) is 0 Å². The van der Waals surface area contributed by atoms with Gasteiger partial charge in [-0.25, -0.2) is 0 Å². The van der Waals surface area contributed by atoms with Crippen LogP contribution in [0.25, 0.3) is 5.32 Å². The number of hydrogen-bond acceptors (Lipinski definition) is 1. The fraction of sp³-hybridized carbons (Fsp3) is 0.375. The minimum Gasteiger partial charge on any atom is -0.656 e. The summed E-state index contributed by atoms with van der Waals surface area (Å²) in [5, 5.41) is 5.05. The Morgan fingerprint density at radius 2 is 1.26 bits per heavy atom. The molecule has 0 aromatic heterocycles. The Kier molecular flexibility index (Phi) is 9.92. The van der Waals surface area contributed by atoms with Gasteiger partial charge in [-0.2, -0.15) is 0 Å². The van der Waals surface area contributed by atoms with E-state index in [1.54, 1.807) is 0 Å². The Morgan fingerprint density at radius 1 is 0.704 bits per heavy atom. The second kappa shape index (κ2) is 10.2. The van der Waals surface area contributed by atoms with Crippen LogP contribution >= 0.6 is 11.8 Å². The first-order valence-electron chi connectivity index (χ1n) is 8.69. The van der Waals surface area contributed by atoms with Crippen LogP contribution in [0.1, 0.15) is 39.2 Å². The molecule has 1 heterocycles. The third kappa shape index (κ3) is 4.33. The smallest absolute Gasteiger partial charge is 0.656 e. The second-order valence-electron chi connectivity index (χ2n) is 7.34. The third-order valence-corrected chi connectivity index (χ3v) is 7.44. The summed E-state index contributed by atoms with van der Waals surface area (Å²) in [5.74, 6) is 3.58. The molecule has 0 N–H and O–H groups in total. The molecule has 4 unspecified atom stereocenters. The summed E-state index contributed by atoms with van der Waals surface area (Å²) in [4.78, 5) is 2.58. The van der Waals surface area contributed by atoms with Gasteiger partial charge in [-0.15, -0.1) is 11.4 Å². The van der Waals surface area contributed by atoms with E-state index in [-0.39, 0.29) is 44.0 Å². The molecule has 1 aliphatic heterocycles. The van der Waals surface area contributed by atoms with Crippen molar-refractivity contribution in [2.45, 2.75) is 43.4 Å². The van der Waals surface area contributed by atoms with E-state index in [1.165, 1.54) is 21.0 Å². The minimum atomic E-state index is 0. The molecule has 1 saturated carbocycles. The molecule has 0 spiro atoms. The van der Waals surface area contributed by atoms with E-state index in [2.05, 4.69) is 70.2 Å². The molecular weight excluding hydrogens is 382 g/mol. The molecule has 4 atom stereocenters. The van der Waals surface area contributed by atoms with E-state index >= 15 is 0 Å². The number of fused-ring (bicyclic) bond motifs is 2. The number of para-hydroxylation sites is 2. The van der Waals surface area contributed by atoms with Gasteiger partial charge in [-0.3, -0.25) is 0 Å². The van der Waals surface area contributed by atoms with E-state index in [0.29, 0.717) is 17.8 Å². The number of nitrogens with zero attached hydrogens (tertiary/aromatic N) is 1. The van der Waals surface area contributed by atoms with Crippen molar-refractivity contribution in [2.24, 2.45) is 23.7 Å². The van der Waals surface area contributed by atoms with Gasteiger partial charge in [0.05, 0.1) is 0 Å². The molecule has 1 nitrogen and oxygen atoms in total. The Balaban J connectivity index is 0.00000169. The minimum absolute atomic E-state index is 0. The molecule has 4 rings (SSSR count). The molecule has 1 fully saturated rings. The van der Waals surface area contributed by atoms with Crippen LogP contribution in [0, 0.1) is 46.0 Å². The van der Waals surface area contributed by atoms with Crippen molar-refractivity contribution in [3.05, 3.63) is 75.6 Å². The summed E-state index contributed by atoms with van der Waals surface area (Å²) in [7, 11) is 0. The van der Waals surface area contributed by atoms with Gasteiger partial charge in [-0.05, 0) is 51.5 Å². The van der Waals surface area contributed by atoms with Crippen molar-refractivity contribution >= 4 is 23.1 Å². The summed E-state index contributed by atoms with van der Waals surface area (Å²) in [6, 6.07) is 15.2. The van der Waals surface area contributed by atoms with Crippen LogP contribution in [0.2, 0.25) is 0 Å². The van der Waals surface area contributed by atoms with Crippen molar-refractivity contribution in [3.8, 4) is 0 Å². The molecule has 2 aromatic carbocycles. The maximum atomic E-state index is 5.05. The maximum absolute atomic E-state index is 5.05. The average molecular weight is 415 g/mol. The number of hydrogen-bond donors (Lipinski definition) is 0. The maximum Gasteiger partial charge on any atom is 4.00 e. The van der Waals surface area contributed by atoms with Gasteiger partial charge in [0.2, 0.25) is 0 Å². The molecule has 0 bridgehead atoms. The third-order valence-electron chi connectivity index (χ3n) is 6.33. The van der Waals surface area contributed by atoms with Crippen molar-refractivity contribution in [3.63, 3.8) is 0 Å². The molecule has 144 valence electrons. The molecular formula is C24H33NSTi. The summed E-state index contributed by atoms with van der Waals surface area (Å²) in [6.07, 6.45) is 0. The van der Waals surface area contributed by atoms with Gasteiger partial charge in [0.25, 0.3) is 0 Å². The van der Waals surface area contributed by atoms with E-state index in [4.69, 9.17) is 5.32 Å². The molecule has 2 aromatic rings. The first kappa shape index (κ1) is 26.3. The van der Waals surface area contributed by atoms with Crippen LogP contribution in [0.3, 0.4) is 0 Å². The molecule has 0 amide bonds. The van der Waals surface area contributed by atoms with Crippen LogP contribution in [-0.4, -0.2) is 0 Å². The Morgan fingerprint density at radius 3 is 1.89 bits per heavy atom. The topological polar surface area (TPSA) is 14.1 Å². The zero-order chi connectivity index (χ0) is 16.1. The molecule has 1 aliphatic carbocycles. The Hall–Kier alpha value is -0.696. The quantitative estimate of drug-likeness (QED) is 0.287.